The molecule has 0 aliphatic rings. The smallest absolute Gasteiger partial charge is 0.161 e. The van der Waals surface area contributed by atoms with E-state index in [9.17, 15) is 18.3 Å². The topological polar surface area (TPSA) is 32.3 Å². The summed E-state index contributed by atoms with van der Waals surface area (Å²) in [4.78, 5) is 0. The predicted molar refractivity (Wildman–Crippen MR) is 63.6 cm³/mol. The highest BCUT2D eigenvalue weighted by Crippen LogP contribution is 2.16. The molecule has 0 aliphatic heterocycles. The lowest BCUT2D eigenvalue weighted by Crippen LogP contribution is -2.45. The van der Waals surface area contributed by atoms with Crippen molar-refractivity contribution in [2.24, 2.45) is 0 Å². The van der Waals surface area contributed by atoms with E-state index in [0.717, 1.165) is 12.5 Å². The van der Waals surface area contributed by atoms with E-state index in [1.807, 2.05) is 6.92 Å². The highest BCUT2D eigenvalue weighted by molar-refractivity contribution is 5.20. The Morgan fingerprint density at radius 1 is 1.17 bits per heavy atom. The molecule has 0 saturated carbocycles. The predicted octanol–water partition coefficient (Wildman–Crippen LogP) is 2.74. The molecule has 0 bridgehead atoms. The van der Waals surface area contributed by atoms with Gasteiger partial charge in [-0.2, -0.15) is 0 Å². The van der Waals surface area contributed by atoms with Gasteiger partial charge in [-0.1, -0.05) is 13.3 Å². The third-order valence-corrected chi connectivity index (χ3v) is 2.95. The summed E-state index contributed by atoms with van der Waals surface area (Å²) in [6.45, 7) is 3.70. The van der Waals surface area contributed by atoms with E-state index in [-0.39, 0.29) is 18.7 Å². The summed E-state index contributed by atoms with van der Waals surface area (Å²) in [6, 6.07) is 1.36. The summed E-state index contributed by atoms with van der Waals surface area (Å²) in [5.41, 5.74) is -0.504. The second-order valence-electron chi connectivity index (χ2n) is 4.68. The maximum atomic E-state index is 13.4. The van der Waals surface area contributed by atoms with Gasteiger partial charge in [0.25, 0.3) is 0 Å². The molecule has 0 spiro atoms. The fraction of sp³-hybridized carbons (Fsp3) is 0.538. The van der Waals surface area contributed by atoms with Crippen LogP contribution in [0.2, 0.25) is 0 Å². The normalized spacial score (nSPS) is 14.6. The van der Waals surface area contributed by atoms with Gasteiger partial charge < -0.3 is 10.4 Å². The molecular formula is C13H18F3NO. The molecule has 0 aromatic heterocycles. The Balaban J connectivity index is 2.76. The second kappa shape index (κ2) is 6.20. The SMILES string of the molecule is CCCC(C)(CO)NCc1cc(F)c(F)cc1F. The van der Waals surface area contributed by atoms with E-state index in [4.69, 9.17) is 0 Å². The lowest BCUT2D eigenvalue weighted by Gasteiger charge is -2.28. The number of halogens is 3. The van der Waals surface area contributed by atoms with Gasteiger partial charge in [-0.25, -0.2) is 13.2 Å². The van der Waals surface area contributed by atoms with Gasteiger partial charge in [-0.15, -0.1) is 0 Å². The van der Waals surface area contributed by atoms with Gasteiger partial charge in [0.15, 0.2) is 11.6 Å². The van der Waals surface area contributed by atoms with E-state index >= 15 is 0 Å². The molecule has 0 fully saturated rings. The van der Waals surface area contributed by atoms with Crippen LogP contribution in [-0.2, 0) is 6.54 Å². The Labute approximate surface area is 105 Å². The number of rotatable bonds is 6. The molecule has 0 heterocycles. The minimum absolute atomic E-state index is 0.0418. The van der Waals surface area contributed by atoms with Crippen LogP contribution in [0.5, 0.6) is 0 Å². The molecule has 1 rings (SSSR count). The van der Waals surface area contributed by atoms with Crippen LogP contribution in [0.15, 0.2) is 12.1 Å². The molecule has 18 heavy (non-hydrogen) atoms. The molecule has 0 radical (unpaired) electrons. The van der Waals surface area contributed by atoms with Crippen LogP contribution in [-0.4, -0.2) is 17.3 Å². The highest BCUT2D eigenvalue weighted by atomic mass is 19.2. The maximum absolute atomic E-state index is 13.4. The second-order valence-corrected chi connectivity index (χ2v) is 4.68. The van der Waals surface area contributed by atoms with Crippen molar-refractivity contribution >= 4 is 0 Å². The number of nitrogens with one attached hydrogen (secondary N) is 1. The molecule has 1 atom stereocenters. The number of aliphatic hydroxyl groups is 1. The van der Waals surface area contributed by atoms with Crippen molar-refractivity contribution < 1.29 is 18.3 Å². The first-order valence-corrected chi connectivity index (χ1v) is 5.91. The van der Waals surface area contributed by atoms with Gasteiger partial charge in [0.05, 0.1) is 6.61 Å². The summed E-state index contributed by atoms with van der Waals surface area (Å²) in [6.07, 6.45) is 1.55. The van der Waals surface area contributed by atoms with E-state index in [2.05, 4.69) is 5.32 Å². The molecule has 1 aromatic rings. The molecule has 1 unspecified atom stereocenters. The molecule has 5 heteroatoms. The van der Waals surface area contributed by atoms with Crippen molar-refractivity contribution in [1.82, 2.24) is 5.32 Å². The van der Waals surface area contributed by atoms with Crippen LogP contribution >= 0.6 is 0 Å². The van der Waals surface area contributed by atoms with Crippen molar-refractivity contribution in [3.63, 3.8) is 0 Å². The Kier molecular flexibility index (Phi) is 5.16. The Hall–Kier alpha value is -1.07. The fourth-order valence-corrected chi connectivity index (χ4v) is 1.78. The summed E-state index contributed by atoms with van der Waals surface area (Å²) in [5.74, 6) is -3.07. The van der Waals surface area contributed by atoms with Crippen LogP contribution in [0.1, 0.15) is 32.3 Å². The third kappa shape index (κ3) is 3.71. The molecule has 0 amide bonds. The first-order chi connectivity index (χ1) is 8.41. The average molecular weight is 261 g/mol. The van der Waals surface area contributed by atoms with E-state index in [0.29, 0.717) is 12.5 Å². The minimum Gasteiger partial charge on any atom is -0.394 e. The number of aliphatic hydroxyl groups excluding tert-OH is 1. The highest BCUT2D eigenvalue weighted by Gasteiger charge is 2.22. The fourth-order valence-electron chi connectivity index (χ4n) is 1.78. The van der Waals surface area contributed by atoms with Gasteiger partial charge >= 0.3 is 0 Å². The first kappa shape index (κ1) is 15.0. The van der Waals surface area contributed by atoms with Crippen LogP contribution in [0, 0.1) is 17.5 Å². The third-order valence-electron chi connectivity index (χ3n) is 2.95. The van der Waals surface area contributed by atoms with Gasteiger partial charge in [-0.05, 0) is 19.4 Å². The maximum Gasteiger partial charge on any atom is 0.161 e. The lowest BCUT2D eigenvalue weighted by atomic mass is 9.97. The Morgan fingerprint density at radius 2 is 1.78 bits per heavy atom. The van der Waals surface area contributed by atoms with Gasteiger partial charge in [-0.3, -0.25) is 0 Å². The summed E-state index contributed by atoms with van der Waals surface area (Å²) in [5, 5.41) is 12.2. The molecule has 0 saturated heterocycles. The summed E-state index contributed by atoms with van der Waals surface area (Å²) < 4.78 is 39.1. The van der Waals surface area contributed by atoms with Crippen LogP contribution in [0.3, 0.4) is 0 Å². The largest absolute Gasteiger partial charge is 0.394 e. The molecule has 1 aromatic carbocycles. The van der Waals surface area contributed by atoms with Gasteiger partial charge in [0.1, 0.15) is 5.82 Å². The van der Waals surface area contributed by atoms with E-state index < -0.39 is 23.0 Å². The van der Waals surface area contributed by atoms with Gasteiger partial charge in [0.2, 0.25) is 0 Å². The zero-order valence-corrected chi connectivity index (χ0v) is 10.6. The Bertz CT molecular complexity index is 411. The number of hydrogen-bond acceptors (Lipinski definition) is 2. The molecular weight excluding hydrogens is 243 g/mol. The van der Waals surface area contributed by atoms with Crippen LogP contribution < -0.4 is 5.32 Å². The van der Waals surface area contributed by atoms with Crippen LogP contribution in [0.4, 0.5) is 13.2 Å². The molecule has 102 valence electrons. The number of benzene rings is 1. The minimum atomic E-state index is -1.20. The summed E-state index contributed by atoms with van der Waals surface area (Å²) in [7, 11) is 0. The monoisotopic (exact) mass is 261 g/mol. The average Bonchev–Trinajstić information content (AvgIpc) is 2.32. The zero-order chi connectivity index (χ0) is 13.8. The number of hydrogen-bond donors (Lipinski definition) is 2. The quantitative estimate of drug-likeness (QED) is 0.772. The van der Waals surface area contributed by atoms with Crippen molar-refractivity contribution in [2.75, 3.05) is 6.61 Å². The summed E-state index contributed by atoms with van der Waals surface area (Å²) >= 11 is 0. The molecule has 2 N–H and O–H groups in total. The molecule has 2 nitrogen and oxygen atoms in total. The Morgan fingerprint density at radius 3 is 2.33 bits per heavy atom. The van der Waals surface area contributed by atoms with Gasteiger partial charge in [0, 0.05) is 23.7 Å². The first-order valence-electron chi connectivity index (χ1n) is 5.91. The van der Waals surface area contributed by atoms with E-state index in [1.165, 1.54) is 0 Å². The standard InChI is InChI=1S/C13H18F3NO/c1-3-4-13(2,8-18)17-7-9-5-11(15)12(16)6-10(9)14/h5-6,17-18H,3-4,7-8H2,1-2H3. The lowest BCUT2D eigenvalue weighted by molar-refractivity contribution is 0.163. The van der Waals surface area contributed by atoms with Crippen molar-refractivity contribution in [3.8, 4) is 0 Å². The van der Waals surface area contributed by atoms with Crippen molar-refractivity contribution in [1.29, 1.82) is 0 Å². The van der Waals surface area contributed by atoms with Crippen LogP contribution in [0.25, 0.3) is 0 Å². The zero-order valence-electron chi connectivity index (χ0n) is 10.6. The van der Waals surface area contributed by atoms with Crippen molar-refractivity contribution in [2.45, 2.75) is 38.8 Å². The molecule has 0 aliphatic carbocycles. The van der Waals surface area contributed by atoms with Crippen molar-refractivity contribution in [3.05, 3.63) is 35.1 Å². The van der Waals surface area contributed by atoms with E-state index in [1.54, 1.807) is 6.92 Å².